The van der Waals surface area contributed by atoms with Crippen LogP contribution in [0.5, 0.6) is 0 Å². The van der Waals surface area contributed by atoms with Crippen LogP contribution in [0.25, 0.3) is 22.2 Å². The summed E-state index contributed by atoms with van der Waals surface area (Å²) in [6.07, 6.45) is 0. The van der Waals surface area contributed by atoms with Gasteiger partial charge in [0.25, 0.3) is 0 Å². The predicted molar refractivity (Wildman–Crippen MR) is 114 cm³/mol. The number of hydrogen-bond donors (Lipinski definition) is 0. The van der Waals surface area contributed by atoms with Gasteiger partial charge in [-0.25, -0.2) is 17.8 Å². The zero-order valence-corrected chi connectivity index (χ0v) is 17.6. The lowest BCUT2D eigenvalue weighted by atomic mass is 10.1. The molecule has 1 aromatic heterocycles. The summed E-state index contributed by atoms with van der Waals surface area (Å²) in [6.45, 7) is 0. The minimum absolute atomic E-state index is 0.0699. The summed E-state index contributed by atoms with van der Waals surface area (Å²) in [6, 6.07) is 16.3. The monoisotopic (exact) mass is 465 g/mol. The Hall–Kier alpha value is -2.18. The van der Waals surface area contributed by atoms with E-state index >= 15 is 0 Å². The number of aromatic nitrogens is 1. The van der Waals surface area contributed by atoms with Gasteiger partial charge in [-0.05, 0) is 42.5 Å². The van der Waals surface area contributed by atoms with E-state index < -0.39 is 15.7 Å². The van der Waals surface area contributed by atoms with Crippen LogP contribution < -0.4 is 0 Å². The van der Waals surface area contributed by atoms with Gasteiger partial charge in [-0.3, -0.25) is 0 Å². The molecule has 0 aliphatic rings. The number of nitrogens with zero attached hydrogens (tertiary/aromatic N) is 1. The maximum Gasteiger partial charge on any atom is 0.208 e. The Morgan fingerprint density at radius 2 is 1.45 bits per heavy atom. The van der Waals surface area contributed by atoms with Gasteiger partial charge in [0, 0.05) is 26.0 Å². The van der Waals surface area contributed by atoms with E-state index in [4.69, 9.17) is 34.8 Å². The highest BCUT2D eigenvalue weighted by Crippen LogP contribution is 2.35. The molecule has 146 valence electrons. The summed E-state index contributed by atoms with van der Waals surface area (Å²) in [5.74, 6) is -0.549. The van der Waals surface area contributed by atoms with Gasteiger partial charge in [0.2, 0.25) is 9.84 Å². The summed E-state index contributed by atoms with van der Waals surface area (Å²) in [7, 11) is -4.06. The molecule has 4 aromatic rings. The first kappa shape index (κ1) is 20.1. The summed E-state index contributed by atoms with van der Waals surface area (Å²) in [4.78, 5) is 4.18. The van der Waals surface area contributed by atoms with Gasteiger partial charge >= 0.3 is 0 Å². The Morgan fingerprint density at radius 3 is 2.10 bits per heavy atom. The van der Waals surface area contributed by atoms with Crippen molar-refractivity contribution in [3.63, 3.8) is 0 Å². The van der Waals surface area contributed by atoms with Crippen molar-refractivity contribution in [2.75, 3.05) is 0 Å². The molecule has 0 fully saturated rings. The second-order valence-corrected chi connectivity index (χ2v) is 9.49. The number of halogens is 4. The van der Waals surface area contributed by atoms with Crippen molar-refractivity contribution in [3.05, 3.63) is 87.6 Å². The van der Waals surface area contributed by atoms with Crippen molar-refractivity contribution < 1.29 is 12.8 Å². The van der Waals surface area contributed by atoms with Gasteiger partial charge in [0.15, 0.2) is 0 Å². The van der Waals surface area contributed by atoms with Crippen LogP contribution in [0, 0.1) is 5.82 Å². The molecule has 0 unspecified atom stereocenters. The van der Waals surface area contributed by atoms with Gasteiger partial charge in [-0.2, -0.15) is 0 Å². The van der Waals surface area contributed by atoms with Crippen LogP contribution in [0.15, 0.2) is 76.5 Å². The molecule has 29 heavy (non-hydrogen) atoms. The fraction of sp³-hybridized carbons (Fsp3) is 0. The van der Waals surface area contributed by atoms with Crippen molar-refractivity contribution in [1.29, 1.82) is 0 Å². The zero-order valence-electron chi connectivity index (χ0n) is 14.5. The first-order valence-electron chi connectivity index (χ1n) is 8.32. The lowest BCUT2D eigenvalue weighted by Crippen LogP contribution is -2.06. The molecular formula is C21H11Cl3FNO2S. The second kappa shape index (κ2) is 7.58. The van der Waals surface area contributed by atoms with Crippen LogP contribution in [0.2, 0.25) is 15.1 Å². The predicted octanol–water partition coefficient (Wildman–Crippen LogP) is 6.83. The molecule has 0 aliphatic carbocycles. The first-order chi connectivity index (χ1) is 13.8. The molecule has 0 radical (unpaired) electrons. The molecule has 0 spiro atoms. The van der Waals surface area contributed by atoms with E-state index in [2.05, 4.69) is 4.98 Å². The minimum atomic E-state index is -4.06. The first-order valence-corrected chi connectivity index (χ1v) is 10.9. The molecule has 0 amide bonds. The average Bonchev–Trinajstić information content (AvgIpc) is 2.67. The Balaban J connectivity index is 2.06. The number of benzene rings is 3. The van der Waals surface area contributed by atoms with Gasteiger partial charge in [-0.1, -0.05) is 59.1 Å². The number of pyridine rings is 1. The summed E-state index contributed by atoms with van der Waals surface area (Å²) in [5.41, 5.74) is 0.655. The van der Waals surface area contributed by atoms with Crippen LogP contribution in [0.4, 0.5) is 4.39 Å². The maximum absolute atomic E-state index is 14.3. The van der Waals surface area contributed by atoms with E-state index in [1.54, 1.807) is 30.3 Å². The normalized spacial score (nSPS) is 11.7. The highest BCUT2D eigenvalue weighted by Gasteiger charge is 2.25. The van der Waals surface area contributed by atoms with Gasteiger partial charge in [-0.15, -0.1) is 0 Å². The zero-order chi connectivity index (χ0) is 20.8. The maximum atomic E-state index is 14.3. The second-order valence-electron chi connectivity index (χ2n) is 6.26. The number of rotatable bonds is 3. The van der Waals surface area contributed by atoms with Crippen molar-refractivity contribution in [2.24, 2.45) is 0 Å². The molecule has 0 saturated carbocycles. The van der Waals surface area contributed by atoms with E-state index in [-0.39, 0.29) is 31.0 Å². The topological polar surface area (TPSA) is 47.0 Å². The fourth-order valence-corrected chi connectivity index (χ4v) is 5.27. The molecular weight excluding hydrogens is 456 g/mol. The van der Waals surface area contributed by atoms with Gasteiger partial charge < -0.3 is 0 Å². The lowest BCUT2D eigenvalue weighted by molar-refractivity contribution is 0.596. The molecule has 3 aromatic carbocycles. The van der Waals surface area contributed by atoms with E-state index in [0.717, 1.165) is 0 Å². The van der Waals surface area contributed by atoms with Gasteiger partial charge in [0.1, 0.15) is 11.3 Å². The van der Waals surface area contributed by atoms with Crippen LogP contribution in [0.1, 0.15) is 0 Å². The molecule has 0 atom stereocenters. The Bertz CT molecular complexity index is 1340. The van der Waals surface area contributed by atoms with Crippen molar-refractivity contribution in [3.8, 4) is 11.3 Å². The van der Waals surface area contributed by atoms with E-state index in [1.807, 2.05) is 0 Å². The molecule has 0 aliphatic heterocycles. The van der Waals surface area contributed by atoms with Crippen LogP contribution in [0.3, 0.4) is 0 Å². The third-order valence-electron chi connectivity index (χ3n) is 4.32. The Morgan fingerprint density at radius 1 is 0.793 bits per heavy atom. The van der Waals surface area contributed by atoms with Crippen LogP contribution in [-0.4, -0.2) is 13.4 Å². The highest BCUT2D eigenvalue weighted by atomic mass is 35.5. The van der Waals surface area contributed by atoms with E-state index in [0.29, 0.717) is 16.0 Å². The SMILES string of the molecule is O=S(=O)(c1cc(Cl)cc(Cl)c1)c1cc2cccc(F)c2nc1-c1ccc(Cl)cc1. The van der Waals surface area contributed by atoms with Crippen molar-refractivity contribution in [1.82, 2.24) is 4.98 Å². The van der Waals surface area contributed by atoms with Gasteiger partial charge in [0.05, 0.1) is 15.5 Å². The number of fused-ring (bicyclic) bond motifs is 1. The summed E-state index contributed by atoms with van der Waals surface area (Å²) in [5, 5.41) is 1.20. The van der Waals surface area contributed by atoms with Crippen molar-refractivity contribution >= 4 is 55.5 Å². The molecule has 0 bridgehead atoms. The largest absolute Gasteiger partial charge is 0.243 e. The fourth-order valence-electron chi connectivity index (χ4n) is 2.97. The Labute approximate surface area is 181 Å². The van der Waals surface area contributed by atoms with E-state index in [9.17, 15) is 12.8 Å². The van der Waals surface area contributed by atoms with E-state index in [1.165, 1.54) is 36.4 Å². The number of hydrogen-bond acceptors (Lipinski definition) is 3. The Kier molecular flexibility index (Phi) is 5.25. The molecule has 8 heteroatoms. The molecule has 1 heterocycles. The number of para-hydroxylation sites is 1. The summed E-state index contributed by atoms with van der Waals surface area (Å²) < 4.78 is 41.2. The molecule has 0 N–H and O–H groups in total. The average molecular weight is 467 g/mol. The number of sulfone groups is 1. The van der Waals surface area contributed by atoms with Crippen molar-refractivity contribution in [2.45, 2.75) is 9.79 Å². The quantitative estimate of drug-likeness (QED) is 0.332. The summed E-state index contributed by atoms with van der Waals surface area (Å²) >= 11 is 18.0. The molecule has 3 nitrogen and oxygen atoms in total. The third-order valence-corrected chi connectivity index (χ3v) is 6.75. The smallest absolute Gasteiger partial charge is 0.208 e. The standard InChI is InChI=1S/C21H11Cl3FNO2S/c22-14-6-4-12(5-7-14)21-19(8-13-2-1-3-18(25)20(13)26-21)29(27,28)17-10-15(23)9-16(24)11-17/h1-11H. The van der Waals surface area contributed by atoms with Crippen LogP contribution in [-0.2, 0) is 9.84 Å². The third kappa shape index (κ3) is 3.83. The molecule has 4 rings (SSSR count). The molecule has 0 saturated heterocycles. The van der Waals surface area contributed by atoms with Crippen LogP contribution >= 0.6 is 34.8 Å². The lowest BCUT2D eigenvalue weighted by Gasteiger charge is -2.13. The highest BCUT2D eigenvalue weighted by molar-refractivity contribution is 7.91. The minimum Gasteiger partial charge on any atom is -0.243 e.